The molecule has 128 valence electrons. The number of morpholine rings is 1. The molecule has 0 aliphatic carbocycles. The van der Waals surface area contributed by atoms with Gasteiger partial charge in [0.2, 0.25) is 0 Å². The number of rotatable bonds is 6. The van der Waals surface area contributed by atoms with Gasteiger partial charge in [-0.15, -0.1) is 0 Å². The SMILES string of the molecule is CC(C)[C@@H](CNC(=O)N[C@@H](C)c1ccccn1)N1CCOCC1. The number of nitrogens with one attached hydrogen (secondary N) is 2. The fourth-order valence-corrected chi connectivity index (χ4v) is 2.85. The molecule has 0 unspecified atom stereocenters. The smallest absolute Gasteiger partial charge is 0.315 e. The second kappa shape index (κ2) is 8.84. The summed E-state index contributed by atoms with van der Waals surface area (Å²) in [7, 11) is 0. The Hall–Kier alpha value is -1.66. The lowest BCUT2D eigenvalue weighted by Gasteiger charge is -2.37. The van der Waals surface area contributed by atoms with Crippen LogP contribution in [-0.2, 0) is 4.74 Å². The van der Waals surface area contributed by atoms with Crippen LogP contribution in [0.4, 0.5) is 4.79 Å². The van der Waals surface area contributed by atoms with Crippen molar-refractivity contribution in [3.63, 3.8) is 0 Å². The van der Waals surface area contributed by atoms with Crippen LogP contribution in [0.2, 0.25) is 0 Å². The monoisotopic (exact) mass is 320 g/mol. The van der Waals surface area contributed by atoms with E-state index in [4.69, 9.17) is 4.74 Å². The Morgan fingerprint density at radius 2 is 2.04 bits per heavy atom. The zero-order valence-corrected chi connectivity index (χ0v) is 14.3. The lowest BCUT2D eigenvalue weighted by molar-refractivity contribution is 0.00718. The summed E-state index contributed by atoms with van der Waals surface area (Å²) in [6.45, 7) is 10.3. The Morgan fingerprint density at radius 3 is 2.65 bits per heavy atom. The van der Waals surface area contributed by atoms with E-state index in [1.807, 2.05) is 25.1 Å². The van der Waals surface area contributed by atoms with Crippen LogP contribution in [0.15, 0.2) is 24.4 Å². The molecule has 2 heterocycles. The average molecular weight is 320 g/mol. The van der Waals surface area contributed by atoms with Crippen LogP contribution in [0.25, 0.3) is 0 Å². The number of hydrogen-bond acceptors (Lipinski definition) is 4. The van der Waals surface area contributed by atoms with Gasteiger partial charge in [0.05, 0.1) is 24.9 Å². The number of pyridine rings is 1. The summed E-state index contributed by atoms with van der Waals surface area (Å²) in [6.07, 6.45) is 1.73. The number of hydrogen-bond donors (Lipinski definition) is 2. The molecule has 0 spiro atoms. The molecule has 6 heteroatoms. The predicted molar refractivity (Wildman–Crippen MR) is 90.2 cm³/mol. The van der Waals surface area contributed by atoms with E-state index in [-0.39, 0.29) is 12.1 Å². The number of carbonyl (C=O) groups is 1. The Balaban J connectivity index is 1.81. The van der Waals surface area contributed by atoms with E-state index in [9.17, 15) is 4.79 Å². The van der Waals surface area contributed by atoms with Crippen LogP contribution >= 0.6 is 0 Å². The third-order valence-electron chi connectivity index (χ3n) is 4.24. The fraction of sp³-hybridized carbons (Fsp3) is 0.647. The van der Waals surface area contributed by atoms with Gasteiger partial charge >= 0.3 is 6.03 Å². The van der Waals surface area contributed by atoms with Gasteiger partial charge in [0.1, 0.15) is 0 Å². The number of urea groups is 1. The largest absolute Gasteiger partial charge is 0.379 e. The Labute approximate surface area is 138 Å². The molecular formula is C17H28N4O2. The quantitative estimate of drug-likeness (QED) is 0.839. The van der Waals surface area contributed by atoms with Crippen molar-refractivity contribution in [1.82, 2.24) is 20.5 Å². The highest BCUT2D eigenvalue weighted by atomic mass is 16.5. The van der Waals surface area contributed by atoms with Crippen molar-refractivity contribution in [3.05, 3.63) is 30.1 Å². The van der Waals surface area contributed by atoms with Crippen LogP contribution < -0.4 is 10.6 Å². The first-order chi connectivity index (χ1) is 11.1. The zero-order valence-electron chi connectivity index (χ0n) is 14.3. The highest BCUT2D eigenvalue weighted by Gasteiger charge is 2.24. The van der Waals surface area contributed by atoms with Gasteiger partial charge in [-0.25, -0.2) is 4.79 Å². The van der Waals surface area contributed by atoms with Crippen LogP contribution in [0.5, 0.6) is 0 Å². The molecule has 0 aromatic carbocycles. The van der Waals surface area contributed by atoms with Gasteiger partial charge in [-0.1, -0.05) is 19.9 Å². The second-order valence-corrected chi connectivity index (χ2v) is 6.29. The Kier molecular flexibility index (Phi) is 6.80. The van der Waals surface area contributed by atoms with E-state index in [1.165, 1.54) is 0 Å². The summed E-state index contributed by atoms with van der Waals surface area (Å²) in [5.41, 5.74) is 0.858. The number of nitrogens with zero attached hydrogens (tertiary/aromatic N) is 2. The molecule has 1 saturated heterocycles. The van der Waals surface area contributed by atoms with Gasteiger partial charge in [0.25, 0.3) is 0 Å². The molecule has 1 fully saturated rings. The van der Waals surface area contributed by atoms with Gasteiger partial charge in [-0.3, -0.25) is 9.88 Å². The standard InChI is InChI=1S/C17H28N4O2/c1-13(2)16(21-8-10-23-11-9-21)12-19-17(22)20-14(3)15-6-4-5-7-18-15/h4-7,13-14,16H,8-12H2,1-3H3,(H2,19,20,22)/t14-,16+/m0/s1. The molecule has 1 aromatic heterocycles. The van der Waals surface area contributed by atoms with E-state index in [0.29, 0.717) is 18.5 Å². The topological polar surface area (TPSA) is 66.5 Å². The van der Waals surface area contributed by atoms with E-state index in [1.54, 1.807) is 6.20 Å². The Morgan fingerprint density at radius 1 is 1.30 bits per heavy atom. The first-order valence-electron chi connectivity index (χ1n) is 8.35. The molecule has 2 amide bonds. The first-order valence-corrected chi connectivity index (χ1v) is 8.35. The number of amides is 2. The predicted octanol–water partition coefficient (Wildman–Crippen LogP) is 1.80. The molecule has 2 N–H and O–H groups in total. The van der Waals surface area contributed by atoms with Crippen molar-refractivity contribution < 1.29 is 9.53 Å². The summed E-state index contributed by atoms with van der Waals surface area (Å²) in [5.74, 6) is 0.474. The minimum absolute atomic E-state index is 0.114. The summed E-state index contributed by atoms with van der Waals surface area (Å²) >= 11 is 0. The van der Waals surface area contributed by atoms with Crippen molar-refractivity contribution in [2.45, 2.75) is 32.9 Å². The molecule has 1 aromatic rings. The van der Waals surface area contributed by atoms with Crippen molar-refractivity contribution in [1.29, 1.82) is 0 Å². The number of carbonyl (C=O) groups excluding carboxylic acids is 1. The molecule has 0 bridgehead atoms. The molecule has 2 atom stereocenters. The van der Waals surface area contributed by atoms with Crippen LogP contribution in [-0.4, -0.2) is 54.8 Å². The van der Waals surface area contributed by atoms with Crippen LogP contribution in [0.3, 0.4) is 0 Å². The van der Waals surface area contributed by atoms with E-state index >= 15 is 0 Å². The molecule has 23 heavy (non-hydrogen) atoms. The molecule has 0 radical (unpaired) electrons. The summed E-state index contributed by atoms with van der Waals surface area (Å²) in [5, 5.41) is 5.94. The van der Waals surface area contributed by atoms with E-state index < -0.39 is 0 Å². The summed E-state index contributed by atoms with van der Waals surface area (Å²) in [4.78, 5) is 18.8. The van der Waals surface area contributed by atoms with E-state index in [2.05, 4.69) is 34.4 Å². The maximum absolute atomic E-state index is 12.1. The van der Waals surface area contributed by atoms with Crippen molar-refractivity contribution in [2.75, 3.05) is 32.8 Å². The van der Waals surface area contributed by atoms with E-state index in [0.717, 1.165) is 32.0 Å². The molecule has 6 nitrogen and oxygen atoms in total. The van der Waals surface area contributed by atoms with Crippen molar-refractivity contribution in [2.24, 2.45) is 5.92 Å². The van der Waals surface area contributed by atoms with Gasteiger partial charge in [-0.2, -0.15) is 0 Å². The normalized spacial score (nSPS) is 18.4. The lowest BCUT2D eigenvalue weighted by atomic mass is 10.0. The molecule has 1 aliphatic heterocycles. The highest BCUT2D eigenvalue weighted by molar-refractivity contribution is 5.74. The zero-order chi connectivity index (χ0) is 16.7. The van der Waals surface area contributed by atoms with Crippen molar-refractivity contribution >= 4 is 6.03 Å². The number of aromatic nitrogens is 1. The minimum atomic E-state index is -0.151. The maximum Gasteiger partial charge on any atom is 0.315 e. The highest BCUT2D eigenvalue weighted by Crippen LogP contribution is 2.12. The summed E-state index contributed by atoms with van der Waals surface area (Å²) < 4.78 is 5.41. The molecular weight excluding hydrogens is 292 g/mol. The third-order valence-corrected chi connectivity index (χ3v) is 4.24. The summed E-state index contributed by atoms with van der Waals surface area (Å²) in [6, 6.07) is 5.77. The van der Waals surface area contributed by atoms with Crippen molar-refractivity contribution in [3.8, 4) is 0 Å². The molecule has 2 rings (SSSR count). The molecule has 1 aliphatic rings. The lowest BCUT2D eigenvalue weighted by Crippen LogP contribution is -2.52. The fourth-order valence-electron chi connectivity index (χ4n) is 2.85. The molecule has 0 saturated carbocycles. The van der Waals surface area contributed by atoms with Gasteiger partial charge in [-0.05, 0) is 25.0 Å². The van der Waals surface area contributed by atoms with Gasteiger partial charge in [0.15, 0.2) is 0 Å². The second-order valence-electron chi connectivity index (χ2n) is 6.29. The third kappa shape index (κ3) is 5.48. The number of ether oxygens (including phenoxy) is 1. The average Bonchev–Trinajstić information content (AvgIpc) is 2.56. The van der Waals surface area contributed by atoms with Crippen LogP contribution in [0, 0.1) is 5.92 Å². The minimum Gasteiger partial charge on any atom is -0.379 e. The van der Waals surface area contributed by atoms with Gasteiger partial charge in [0, 0.05) is 31.9 Å². The van der Waals surface area contributed by atoms with Crippen LogP contribution in [0.1, 0.15) is 32.5 Å². The first kappa shape index (κ1) is 17.7. The maximum atomic E-state index is 12.1. The Bertz CT molecular complexity index is 475. The van der Waals surface area contributed by atoms with Gasteiger partial charge < -0.3 is 15.4 Å².